The summed E-state index contributed by atoms with van der Waals surface area (Å²) in [6, 6.07) is 9.59. The largest absolute Gasteiger partial charge is 0.467 e. The van der Waals surface area contributed by atoms with Crippen molar-refractivity contribution < 1.29 is 13.6 Å². The second kappa shape index (κ2) is 9.01. The van der Waals surface area contributed by atoms with Crippen LogP contribution in [0.15, 0.2) is 51.4 Å². The lowest BCUT2D eigenvalue weighted by Crippen LogP contribution is -2.33. The van der Waals surface area contributed by atoms with Crippen LogP contribution < -0.4 is 10.6 Å². The van der Waals surface area contributed by atoms with E-state index in [9.17, 15) is 9.18 Å². The molecule has 6 nitrogen and oxygen atoms in total. The van der Waals surface area contributed by atoms with Crippen molar-refractivity contribution in [2.45, 2.75) is 36.0 Å². The van der Waals surface area contributed by atoms with Gasteiger partial charge in [-0.15, -0.1) is 10.2 Å². The number of halogens is 1. The number of rotatable bonds is 8. The molecular weight excluding hydrogens is 387 g/mol. The van der Waals surface area contributed by atoms with Crippen molar-refractivity contribution in [3.8, 4) is 0 Å². The van der Waals surface area contributed by atoms with Crippen LogP contribution in [-0.2, 0) is 11.3 Å². The first-order chi connectivity index (χ1) is 13.0. The fourth-order valence-corrected chi connectivity index (χ4v) is 4.18. The Morgan fingerprint density at radius 2 is 2.04 bits per heavy atom. The van der Waals surface area contributed by atoms with Crippen molar-refractivity contribution in [3.05, 3.63) is 59.8 Å². The number of furan rings is 1. The molecule has 142 valence electrons. The molecule has 0 aliphatic rings. The van der Waals surface area contributed by atoms with E-state index in [1.165, 1.54) is 35.2 Å². The summed E-state index contributed by atoms with van der Waals surface area (Å²) >= 11 is 2.73. The number of carbonyl (C=O) groups excluding carboxylic acids is 1. The van der Waals surface area contributed by atoms with E-state index < -0.39 is 0 Å². The molecule has 3 rings (SSSR count). The molecule has 2 atom stereocenters. The third kappa shape index (κ3) is 5.54. The zero-order chi connectivity index (χ0) is 19.2. The van der Waals surface area contributed by atoms with Gasteiger partial charge in [-0.25, -0.2) is 4.39 Å². The normalized spacial score (nSPS) is 13.1. The zero-order valence-corrected chi connectivity index (χ0v) is 16.4. The van der Waals surface area contributed by atoms with Crippen molar-refractivity contribution in [1.82, 2.24) is 15.5 Å². The van der Waals surface area contributed by atoms with Gasteiger partial charge in [0.25, 0.3) is 0 Å². The summed E-state index contributed by atoms with van der Waals surface area (Å²) in [4.78, 5) is 12.4. The number of nitrogens with zero attached hydrogens (tertiary/aromatic N) is 2. The maximum absolute atomic E-state index is 13.0. The van der Waals surface area contributed by atoms with E-state index in [0.29, 0.717) is 16.0 Å². The Morgan fingerprint density at radius 3 is 2.74 bits per heavy atom. The molecule has 0 saturated carbocycles. The number of thioether (sulfide) groups is 1. The topological polar surface area (TPSA) is 80.0 Å². The summed E-state index contributed by atoms with van der Waals surface area (Å²) in [5.41, 5.74) is 0.849. The molecule has 27 heavy (non-hydrogen) atoms. The first kappa shape index (κ1) is 19.4. The summed E-state index contributed by atoms with van der Waals surface area (Å²) in [6.07, 6.45) is 1.62. The van der Waals surface area contributed by atoms with E-state index in [0.717, 1.165) is 11.3 Å². The maximum Gasteiger partial charge on any atom is 0.233 e. The van der Waals surface area contributed by atoms with Gasteiger partial charge in [0.05, 0.1) is 24.1 Å². The van der Waals surface area contributed by atoms with Crippen LogP contribution in [0, 0.1) is 5.82 Å². The number of amides is 1. The molecule has 0 fully saturated rings. The molecule has 1 amide bonds. The van der Waals surface area contributed by atoms with Gasteiger partial charge in [-0.2, -0.15) is 0 Å². The lowest BCUT2D eigenvalue weighted by Gasteiger charge is -2.17. The van der Waals surface area contributed by atoms with Gasteiger partial charge in [0, 0.05) is 0 Å². The molecule has 9 heteroatoms. The summed E-state index contributed by atoms with van der Waals surface area (Å²) in [6.45, 7) is 4.20. The number of anilines is 1. The molecular formula is C18H19FN4O2S2. The molecule has 0 unspecified atom stereocenters. The Morgan fingerprint density at radius 1 is 1.26 bits per heavy atom. The molecule has 0 bridgehead atoms. The zero-order valence-electron chi connectivity index (χ0n) is 14.8. The van der Waals surface area contributed by atoms with Crippen LogP contribution in [0.3, 0.4) is 0 Å². The fraction of sp³-hybridized carbons (Fsp3) is 0.278. The van der Waals surface area contributed by atoms with Gasteiger partial charge in [0.15, 0.2) is 4.34 Å². The number of hydrogen-bond acceptors (Lipinski definition) is 7. The summed E-state index contributed by atoms with van der Waals surface area (Å²) in [7, 11) is 0. The molecule has 0 saturated heterocycles. The highest BCUT2D eigenvalue weighted by atomic mass is 32.2. The van der Waals surface area contributed by atoms with Gasteiger partial charge in [-0.3, -0.25) is 4.79 Å². The number of benzene rings is 1. The predicted molar refractivity (Wildman–Crippen MR) is 104 cm³/mol. The van der Waals surface area contributed by atoms with Crippen molar-refractivity contribution in [2.75, 3.05) is 5.32 Å². The van der Waals surface area contributed by atoms with Gasteiger partial charge in [0.2, 0.25) is 11.0 Å². The third-order valence-corrected chi connectivity index (χ3v) is 5.84. The molecule has 0 spiro atoms. The van der Waals surface area contributed by atoms with E-state index in [-0.39, 0.29) is 23.0 Å². The van der Waals surface area contributed by atoms with E-state index in [1.807, 2.05) is 26.0 Å². The second-order valence-electron chi connectivity index (χ2n) is 5.85. The van der Waals surface area contributed by atoms with Crippen molar-refractivity contribution in [1.29, 1.82) is 0 Å². The molecule has 0 aliphatic carbocycles. The van der Waals surface area contributed by atoms with E-state index in [4.69, 9.17) is 4.42 Å². The average Bonchev–Trinajstić information content (AvgIpc) is 3.32. The van der Waals surface area contributed by atoms with Crippen molar-refractivity contribution >= 4 is 34.1 Å². The SMILES string of the molecule is C[C@H](NC(=O)[C@@H](C)Sc1nnc(NCc2ccco2)s1)c1ccc(F)cc1. The van der Waals surface area contributed by atoms with Crippen LogP contribution in [0.5, 0.6) is 0 Å². The summed E-state index contributed by atoms with van der Waals surface area (Å²) in [5, 5.41) is 14.6. The highest BCUT2D eigenvalue weighted by Crippen LogP contribution is 2.29. The van der Waals surface area contributed by atoms with Crippen molar-refractivity contribution in [2.24, 2.45) is 0 Å². The first-order valence-corrected chi connectivity index (χ1v) is 10.0. The number of carbonyl (C=O) groups is 1. The number of aromatic nitrogens is 2. The minimum Gasteiger partial charge on any atom is -0.467 e. The quantitative estimate of drug-likeness (QED) is 0.545. The third-order valence-electron chi connectivity index (χ3n) is 3.78. The average molecular weight is 407 g/mol. The molecule has 2 heterocycles. The monoisotopic (exact) mass is 406 g/mol. The van der Waals surface area contributed by atoms with Gasteiger partial charge < -0.3 is 15.1 Å². The lowest BCUT2D eigenvalue weighted by atomic mass is 10.1. The molecule has 0 radical (unpaired) electrons. The smallest absolute Gasteiger partial charge is 0.233 e. The first-order valence-electron chi connectivity index (χ1n) is 8.33. The van der Waals surface area contributed by atoms with Crippen LogP contribution in [0.1, 0.15) is 31.2 Å². The van der Waals surface area contributed by atoms with Crippen molar-refractivity contribution in [3.63, 3.8) is 0 Å². The Labute approximate surface area is 164 Å². The molecule has 3 aromatic rings. The van der Waals surface area contributed by atoms with Gasteiger partial charge >= 0.3 is 0 Å². The van der Waals surface area contributed by atoms with E-state index >= 15 is 0 Å². The fourth-order valence-electron chi connectivity index (χ4n) is 2.27. The van der Waals surface area contributed by atoms with Gasteiger partial charge in [-0.05, 0) is 43.7 Å². The Kier molecular flexibility index (Phi) is 6.46. The Hall–Kier alpha value is -2.39. The predicted octanol–water partition coefficient (Wildman–Crippen LogP) is 4.24. The van der Waals surface area contributed by atoms with Gasteiger partial charge in [-0.1, -0.05) is 35.2 Å². The minimum absolute atomic E-state index is 0.114. The van der Waals surface area contributed by atoms with Crippen LogP contribution >= 0.6 is 23.1 Å². The molecule has 1 aromatic carbocycles. The second-order valence-corrected chi connectivity index (χ2v) is 8.41. The van der Waals surface area contributed by atoms with Crippen LogP contribution in [0.25, 0.3) is 0 Å². The van der Waals surface area contributed by atoms with E-state index in [1.54, 1.807) is 18.4 Å². The minimum atomic E-state index is -0.334. The van der Waals surface area contributed by atoms with Crippen LogP contribution in [0.4, 0.5) is 9.52 Å². The highest BCUT2D eigenvalue weighted by Gasteiger charge is 2.19. The highest BCUT2D eigenvalue weighted by molar-refractivity contribution is 8.02. The van der Waals surface area contributed by atoms with Crippen LogP contribution in [-0.4, -0.2) is 21.4 Å². The Balaban J connectivity index is 1.49. The van der Waals surface area contributed by atoms with Crippen LogP contribution in [0.2, 0.25) is 0 Å². The number of hydrogen-bond donors (Lipinski definition) is 2. The number of nitrogens with one attached hydrogen (secondary N) is 2. The molecule has 2 aromatic heterocycles. The van der Waals surface area contributed by atoms with E-state index in [2.05, 4.69) is 20.8 Å². The molecule has 2 N–H and O–H groups in total. The maximum atomic E-state index is 13.0. The standard InChI is InChI=1S/C18H19FN4O2S2/c1-11(13-5-7-14(19)8-6-13)21-16(24)12(2)26-18-23-22-17(27-18)20-10-15-4-3-9-25-15/h3-9,11-12H,10H2,1-2H3,(H,20,22)(H,21,24)/t11-,12+/m0/s1. The summed E-state index contributed by atoms with van der Waals surface area (Å²) < 4.78 is 19.0. The molecule has 0 aliphatic heterocycles. The Bertz CT molecular complexity index is 868. The van der Waals surface area contributed by atoms with Gasteiger partial charge in [0.1, 0.15) is 11.6 Å². The summed E-state index contributed by atoms with van der Waals surface area (Å²) in [5.74, 6) is 0.396. The lowest BCUT2D eigenvalue weighted by molar-refractivity contribution is -0.120.